The number of amides is 1. The van der Waals surface area contributed by atoms with Gasteiger partial charge in [-0.2, -0.15) is 0 Å². The molecule has 0 spiro atoms. The summed E-state index contributed by atoms with van der Waals surface area (Å²) in [6, 6.07) is 7.58. The number of rotatable bonds is 4. The summed E-state index contributed by atoms with van der Waals surface area (Å²) < 4.78 is 11.2. The number of benzene rings is 1. The number of hydrogen-bond acceptors (Lipinski definition) is 5. The minimum absolute atomic E-state index is 0.0322. The lowest BCUT2D eigenvalue weighted by Gasteiger charge is -2.34. The average Bonchev–Trinajstić information content (AvgIpc) is 3.00. The van der Waals surface area contributed by atoms with Gasteiger partial charge < -0.3 is 14.4 Å². The fourth-order valence-electron chi connectivity index (χ4n) is 2.62. The van der Waals surface area contributed by atoms with Crippen molar-refractivity contribution in [3.63, 3.8) is 0 Å². The molecule has 0 unspecified atom stereocenters. The van der Waals surface area contributed by atoms with Crippen molar-refractivity contribution in [2.24, 2.45) is 0 Å². The molecule has 6 heteroatoms. The highest BCUT2D eigenvalue weighted by Crippen LogP contribution is 2.26. The molecule has 1 atom stereocenters. The van der Waals surface area contributed by atoms with Crippen LogP contribution in [0.2, 0.25) is 0 Å². The van der Waals surface area contributed by atoms with Crippen LogP contribution in [0.3, 0.4) is 0 Å². The van der Waals surface area contributed by atoms with E-state index >= 15 is 0 Å². The van der Waals surface area contributed by atoms with E-state index in [0.717, 1.165) is 22.0 Å². The van der Waals surface area contributed by atoms with Crippen LogP contribution in [0, 0.1) is 13.8 Å². The van der Waals surface area contributed by atoms with E-state index in [1.54, 1.807) is 11.3 Å². The van der Waals surface area contributed by atoms with E-state index in [-0.39, 0.29) is 18.6 Å². The van der Waals surface area contributed by atoms with E-state index in [0.29, 0.717) is 19.8 Å². The third-order valence-electron chi connectivity index (χ3n) is 3.87. The molecule has 2 aromatic rings. The van der Waals surface area contributed by atoms with Crippen molar-refractivity contribution < 1.29 is 14.3 Å². The summed E-state index contributed by atoms with van der Waals surface area (Å²) in [7, 11) is 0. The predicted molar refractivity (Wildman–Crippen MR) is 88.8 cm³/mol. The lowest BCUT2D eigenvalue weighted by atomic mass is 10.1. The Morgan fingerprint density at radius 1 is 1.43 bits per heavy atom. The number of carbonyl (C=O) groups excluding carboxylic acids is 1. The van der Waals surface area contributed by atoms with E-state index in [2.05, 4.69) is 4.98 Å². The number of carbonyl (C=O) groups is 1. The molecule has 122 valence electrons. The normalized spacial score (nSPS) is 18.0. The zero-order valence-corrected chi connectivity index (χ0v) is 14.1. The van der Waals surface area contributed by atoms with E-state index < -0.39 is 0 Å². The minimum Gasteiger partial charge on any atom is -0.484 e. The van der Waals surface area contributed by atoms with Crippen molar-refractivity contribution in [3.05, 3.63) is 45.9 Å². The van der Waals surface area contributed by atoms with Crippen LogP contribution in [0.5, 0.6) is 5.75 Å². The molecule has 3 rings (SSSR count). The van der Waals surface area contributed by atoms with E-state index in [1.165, 1.54) is 0 Å². The molecule has 0 aliphatic carbocycles. The van der Waals surface area contributed by atoms with Gasteiger partial charge in [0.25, 0.3) is 5.91 Å². The van der Waals surface area contributed by atoms with Gasteiger partial charge in [0.1, 0.15) is 5.75 Å². The molecule has 1 aliphatic rings. The van der Waals surface area contributed by atoms with Crippen molar-refractivity contribution in [3.8, 4) is 5.75 Å². The lowest BCUT2D eigenvalue weighted by Crippen LogP contribution is -2.45. The van der Waals surface area contributed by atoms with Crippen LogP contribution in [0.25, 0.3) is 0 Å². The third-order valence-corrected chi connectivity index (χ3v) is 4.66. The smallest absolute Gasteiger partial charge is 0.261 e. The van der Waals surface area contributed by atoms with Crippen LogP contribution in [0.1, 0.15) is 22.3 Å². The molecule has 0 N–H and O–H groups in total. The van der Waals surface area contributed by atoms with Crippen LogP contribution >= 0.6 is 11.3 Å². The highest BCUT2D eigenvalue weighted by Gasteiger charge is 2.30. The summed E-state index contributed by atoms with van der Waals surface area (Å²) in [6.07, 6.45) is 0. The number of nitrogens with zero attached hydrogens (tertiary/aromatic N) is 2. The molecule has 2 heterocycles. The van der Waals surface area contributed by atoms with Gasteiger partial charge in [-0.15, -0.1) is 11.3 Å². The number of para-hydroxylation sites is 1. The molecule has 0 saturated carbocycles. The highest BCUT2D eigenvalue weighted by molar-refractivity contribution is 7.09. The van der Waals surface area contributed by atoms with Crippen LogP contribution in [-0.4, -0.2) is 42.2 Å². The van der Waals surface area contributed by atoms with E-state index in [1.807, 2.05) is 48.4 Å². The molecule has 1 saturated heterocycles. The van der Waals surface area contributed by atoms with Gasteiger partial charge >= 0.3 is 0 Å². The van der Waals surface area contributed by atoms with Crippen LogP contribution in [0.4, 0.5) is 0 Å². The van der Waals surface area contributed by atoms with Gasteiger partial charge in [0.05, 0.1) is 30.0 Å². The zero-order valence-electron chi connectivity index (χ0n) is 13.3. The first-order valence-corrected chi connectivity index (χ1v) is 8.51. The Bertz CT molecular complexity index is 686. The van der Waals surface area contributed by atoms with Crippen LogP contribution in [0.15, 0.2) is 29.6 Å². The molecule has 1 fully saturated rings. The molecule has 1 aromatic heterocycles. The minimum atomic E-state index is -0.123. The molecular weight excluding hydrogens is 312 g/mol. The number of morpholine rings is 1. The number of aryl methyl sites for hydroxylation is 2. The highest BCUT2D eigenvalue weighted by atomic mass is 32.1. The average molecular weight is 332 g/mol. The van der Waals surface area contributed by atoms with Gasteiger partial charge in [-0.1, -0.05) is 18.2 Å². The Labute approximate surface area is 139 Å². The largest absolute Gasteiger partial charge is 0.484 e. The summed E-state index contributed by atoms with van der Waals surface area (Å²) >= 11 is 1.59. The fraction of sp³-hybridized carbons (Fsp3) is 0.412. The maximum absolute atomic E-state index is 12.6. The fourth-order valence-corrected chi connectivity index (χ4v) is 3.28. The summed E-state index contributed by atoms with van der Waals surface area (Å²) in [5.41, 5.74) is 1.92. The van der Waals surface area contributed by atoms with Crippen molar-refractivity contribution in [1.82, 2.24) is 9.88 Å². The quantitative estimate of drug-likeness (QED) is 0.864. The second-order valence-electron chi connectivity index (χ2n) is 5.52. The van der Waals surface area contributed by atoms with Crippen molar-refractivity contribution >= 4 is 17.2 Å². The first-order valence-electron chi connectivity index (χ1n) is 7.63. The van der Waals surface area contributed by atoms with Crippen molar-refractivity contribution in [2.75, 3.05) is 26.4 Å². The second kappa shape index (κ2) is 7.10. The lowest BCUT2D eigenvalue weighted by molar-refractivity contribution is -0.142. The predicted octanol–water partition coefficient (Wildman–Crippen LogP) is 2.74. The molecule has 1 aliphatic heterocycles. The molecule has 0 radical (unpaired) electrons. The SMILES string of the molecule is Cc1nc([C@@H]2COCCN2C(=O)COc2ccccc2C)cs1. The summed E-state index contributed by atoms with van der Waals surface area (Å²) in [6.45, 7) is 5.57. The number of aromatic nitrogens is 1. The Morgan fingerprint density at radius 2 is 2.26 bits per heavy atom. The van der Waals surface area contributed by atoms with Gasteiger partial charge in [0, 0.05) is 11.9 Å². The van der Waals surface area contributed by atoms with Crippen LogP contribution in [-0.2, 0) is 9.53 Å². The Balaban J connectivity index is 1.68. The van der Waals surface area contributed by atoms with E-state index in [9.17, 15) is 4.79 Å². The van der Waals surface area contributed by atoms with Gasteiger partial charge in [-0.3, -0.25) is 4.79 Å². The zero-order chi connectivity index (χ0) is 16.2. The molecule has 1 amide bonds. The summed E-state index contributed by atoms with van der Waals surface area (Å²) in [5, 5.41) is 2.99. The van der Waals surface area contributed by atoms with E-state index in [4.69, 9.17) is 9.47 Å². The number of thiazole rings is 1. The Kier molecular flexibility index (Phi) is 4.93. The van der Waals surface area contributed by atoms with Gasteiger partial charge in [0.2, 0.25) is 0 Å². The summed E-state index contributed by atoms with van der Waals surface area (Å²) in [5.74, 6) is 0.711. The topological polar surface area (TPSA) is 51.7 Å². The maximum atomic E-state index is 12.6. The van der Waals surface area contributed by atoms with Gasteiger partial charge in [-0.05, 0) is 25.5 Å². The number of hydrogen-bond donors (Lipinski definition) is 0. The molecule has 0 bridgehead atoms. The standard InChI is InChI=1S/C17H20N2O3S/c1-12-5-3-4-6-16(12)22-10-17(20)19-7-8-21-9-15(19)14-11-23-13(2)18-14/h3-6,11,15H,7-10H2,1-2H3/t15-/m0/s1. The molecule has 5 nitrogen and oxygen atoms in total. The van der Waals surface area contributed by atoms with Gasteiger partial charge in [0.15, 0.2) is 6.61 Å². The Hall–Kier alpha value is -1.92. The van der Waals surface area contributed by atoms with Crippen molar-refractivity contribution in [1.29, 1.82) is 0 Å². The summed E-state index contributed by atoms with van der Waals surface area (Å²) in [4.78, 5) is 18.9. The molecular formula is C17H20N2O3S. The third kappa shape index (κ3) is 3.71. The first-order chi connectivity index (χ1) is 11.1. The van der Waals surface area contributed by atoms with Crippen LogP contribution < -0.4 is 4.74 Å². The maximum Gasteiger partial charge on any atom is 0.261 e. The molecule has 1 aromatic carbocycles. The first kappa shape index (κ1) is 16.0. The van der Waals surface area contributed by atoms with Gasteiger partial charge in [-0.25, -0.2) is 4.98 Å². The monoisotopic (exact) mass is 332 g/mol. The Morgan fingerprint density at radius 3 is 3.00 bits per heavy atom. The van der Waals surface area contributed by atoms with Crippen molar-refractivity contribution in [2.45, 2.75) is 19.9 Å². The second-order valence-corrected chi connectivity index (χ2v) is 6.59. The molecule has 23 heavy (non-hydrogen) atoms. The number of ether oxygens (including phenoxy) is 2.